The number of nitrogens with two attached hydrogens (primary N) is 1. The third kappa shape index (κ3) is 8.52. The predicted molar refractivity (Wildman–Crippen MR) is 145 cm³/mol. The number of carbonyl (C=O) groups excluding carboxylic acids is 3. The molecular weight excluding hydrogens is 530 g/mol. The molecule has 0 saturated heterocycles. The van der Waals surface area contributed by atoms with Gasteiger partial charge in [-0.3, -0.25) is 14.9 Å². The molecule has 0 bridgehead atoms. The van der Waals surface area contributed by atoms with E-state index >= 15 is 0 Å². The van der Waals surface area contributed by atoms with Crippen LogP contribution in [0.4, 0.5) is 13.6 Å². The van der Waals surface area contributed by atoms with Crippen molar-refractivity contribution in [3.63, 3.8) is 0 Å². The molecule has 1 fully saturated rings. The summed E-state index contributed by atoms with van der Waals surface area (Å²) in [6.45, 7) is 13.7. The van der Waals surface area contributed by atoms with Crippen LogP contribution >= 0.6 is 11.6 Å². The van der Waals surface area contributed by atoms with E-state index < -0.39 is 41.6 Å². The molecule has 4 N–H and O–H groups in total. The van der Waals surface area contributed by atoms with Gasteiger partial charge in [-0.05, 0) is 51.0 Å². The maximum Gasteiger partial charge on any atom is 0.412 e. The standard InChI is InChI=1S/C26H27ClF2N4O4.C2H6/c1-13(2)20(32-24(35)21-18(12-30)26(21,28)29)11-10-14(3)23(34)22(15(4)31)33-25(36)37-16(5)17-8-6-7-9-19(17)27;1-2/h6-11,16,18,21H,1,31H2,2-5H3,(H,32,35)(H,33,36);1-2H3/b14-10+,20-11+,22-15+;. The van der Waals surface area contributed by atoms with E-state index in [2.05, 4.69) is 17.2 Å². The summed E-state index contributed by atoms with van der Waals surface area (Å²) in [7, 11) is 0. The van der Waals surface area contributed by atoms with Gasteiger partial charge in [-0.2, -0.15) is 5.26 Å². The summed E-state index contributed by atoms with van der Waals surface area (Å²) < 4.78 is 32.5. The van der Waals surface area contributed by atoms with Crippen molar-refractivity contribution in [3.8, 4) is 6.07 Å². The van der Waals surface area contributed by atoms with Crippen LogP contribution in [0, 0.1) is 23.2 Å². The fourth-order valence-corrected chi connectivity index (χ4v) is 3.58. The highest BCUT2D eigenvalue weighted by atomic mass is 35.5. The second-order valence-corrected chi connectivity index (χ2v) is 8.95. The SMILES string of the molecule is C=C(C)/C(=C\C=C(/C)C(=O)/C(NC(=O)OC(C)c1ccccc1Cl)=C(/C)N)NC(=O)C1C(C#N)C1(F)F.CC. The first kappa shape index (κ1) is 33.1. The second kappa shape index (κ2) is 14.3. The van der Waals surface area contributed by atoms with Gasteiger partial charge in [-0.15, -0.1) is 0 Å². The summed E-state index contributed by atoms with van der Waals surface area (Å²) >= 11 is 6.12. The van der Waals surface area contributed by atoms with E-state index in [0.717, 1.165) is 0 Å². The number of allylic oxidation sites excluding steroid dienone is 5. The van der Waals surface area contributed by atoms with Crippen LogP contribution in [-0.4, -0.2) is 23.7 Å². The average molecular weight is 563 g/mol. The molecule has 3 unspecified atom stereocenters. The van der Waals surface area contributed by atoms with E-state index in [-0.39, 0.29) is 22.7 Å². The van der Waals surface area contributed by atoms with Crippen molar-refractivity contribution in [2.75, 3.05) is 0 Å². The number of nitrogens with zero attached hydrogens (tertiary/aromatic N) is 1. The molecule has 1 saturated carbocycles. The van der Waals surface area contributed by atoms with Gasteiger partial charge in [0.2, 0.25) is 11.7 Å². The van der Waals surface area contributed by atoms with Crippen molar-refractivity contribution < 1.29 is 27.9 Å². The van der Waals surface area contributed by atoms with Crippen molar-refractivity contribution >= 4 is 29.4 Å². The lowest BCUT2D eigenvalue weighted by Crippen LogP contribution is -2.31. The Bertz CT molecular complexity index is 1260. The first-order valence-electron chi connectivity index (χ1n) is 12.1. The van der Waals surface area contributed by atoms with Crippen LogP contribution in [-0.2, 0) is 14.3 Å². The van der Waals surface area contributed by atoms with Crippen molar-refractivity contribution in [1.29, 1.82) is 5.26 Å². The van der Waals surface area contributed by atoms with E-state index in [1.807, 2.05) is 13.8 Å². The minimum absolute atomic E-state index is 0.0102. The maximum absolute atomic E-state index is 13.6. The monoisotopic (exact) mass is 562 g/mol. The van der Waals surface area contributed by atoms with Gasteiger partial charge in [-0.25, -0.2) is 13.6 Å². The number of alkyl carbamates (subject to hydrolysis) is 1. The van der Waals surface area contributed by atoms with Gasteiger partial charge in [0.25, 0.3) is 5.92 Å². The van der Waals surface area contributed by atoms with E-state index in [9.17, 15) is 23.2 Å². The molecule has 8 nitrogen and oxygen atoms in total. The van der Waals surface area contributed by atoms with Gasteiger partial charge < -0.3 is 15.8 Å². The highest BCUT2D eigenvalue weighted by Crippen LogP contribution is 2.54. The molecule has 2 amide bonds. The zero-order chi connectivity index (χ0) is 30.1. The quantitative estimate of drug-likeness (QED) is 0.256. The summed E-state index contributed by atoms with van der Waals surface area (Å²) in [6.07, 6.45) is 0.957. The third-order valence-electron chi connectivity index (χ3n) is 5.53. The van der Waals surface area contributed by atoms with Crippen LogP contribution in [0.15, 0.2) is 71.2 Å². The van der Waals surface area contributed by atoms with Gasteiger partial charge in [0.1, 0.15) is 23.6 Å². The van der Waals surface area contributed by atoms with Gasteiger partial charge in [0.15, 0.2) is 0 Å². The van der Waals surface area contributed by atoms with Gasteiger partial charge in [0.05, 0.1) is 6.07 Å². The molecule has 39 heavy (non-hydrogen) atoms. The number of hydrogen-bond donors (Lipinski definition) is 3. The summed E-state index contributed by atoms with van der Waals surface area (Å²) in [5.74, 6) is -8.53. The van der Waals surface area contributed by atoms with Crippen molar-refractivity contribution in [3.05, 3.63) is 81.8 Å². The molecule has 0 heterocycles. The molecule has 1 aromatic carbocycles. The van der Waals surface area contributed by atoms with Gasteiger partial charge in [-0.1, -0.05) is 56.3 Å². The molecule has 1 aliphatic carbocycles. The maximum atomic E-state index is 13.6. The topological polar surface area (TPSA) is 134 Å². The molecule has 0 aromatic heterocycles. The minimum Gasteiger partial charge on any atom is -0.441 e. The molecule has 1 aliphatic rings. The molecule has 0 spiro atoms. The molecule has 210 valence electrons. The smallest absolute Gasteiger partial charge is 0.412 e. The second-order valence-electron chi connectivity index (χ2n) is 8.54. The first-order valence-corrected chi connectivity index (χ1v) is 12.5. The Labute approximate surface area is 232 Å². The van der Waals surface area contributed by atoms with Gasteiger partial charge in [0, 0.05) is 22.0 Å². The lowest BCUT2D eigenvalue weighted by atomic mass is 10.1. The number of ether oxygens (including phenoxy) is 1. The number of hydrogen-bond acceptors (Lipinski definition) is 6. The Hall–Kier alpha value is -3.97. The number of ketones is 1. The van der Waals surface area contributed by atoms with Crippen molar-refractivity contribution in [2.45, 2.75) is 53.6 Å². The summed E-state index contributed by atoms with van der Waals surface area (Å²) in [4.78, 5) is 37.6. The number of alkyl halides is 2. The molecule has 0 radical (unpaired) electrons. The Morgan fingerprint density at radius 3 is 2.26 bits per heavy atom. The van der Waals surface area contributed by atoms with Crippen LogP contribution in [0.1, 0.15) is 53.2 Å². The molecule has 0 aliphatic heterocycles. The minimum atomic E-state index is -3.40. The zero-order valence-corrected chi connectivity index (χ0v) is 23.5. The predicted octanol–water partition coefficient (Wildman–Crippen LogP) is 5.84. The van der Waals surface area contributed by atoms with Crippen molar-refractivity contribution in [1.82, 2.24) is 10.6 Å². The fourth-order valence-electron chi connectivity index (χ4n) is 3.29. The first-order chi connectivity index (χ1) is 18.2. The molecule has 2 rings (SSSR count). The number of carbonyl (C=O) groups is 3. The van der Waals surface area contributed by atoms with Gasteiger partial charge >= 0.3 is 6.09 Å². The Kier molecular flexibility index (Phi) is 12.1. The average Bonchev–Trinajstić information content (AvgIpc) is 3.45. The number of rotatable bonds is 9. The number of amides is 2. The van der Waals surface area contributed by atoms with Crippen LogP contribution in [0.25, 0.3) is 0 Å². The van der Waals surface area contributed by atoms with Crippen LogP contribution in [0.3, 0.4) is 0 Å². The number of halogens is 3. The molecule has 1 aromatic rings. The van der Waals surface area contributed by atoms with E-state index in [1.165, 1.54) is 39.0 Å². The number of benzene rings is 1. The largest absolute Gasteiger partial charge is 0.441 e. The highest BCUT2D eigenvalue weighted by molar-refractivity contribution is 6.31. The molecular formula is C28H33ClF2N4O4. The number of nitriles is 1. The molecule has 11 heteroatoms. The fraction of sp³-hybridized carbons (Fsp3) is 0.357. The van der Waals surface area contributed by atoms with E-state index in [1.54, 1.807) is 31.2 Å². The van der Waals surface area contributed by atoms with Crippen LogP contribution in [0.5, 0.6) is 0 Å². The van der Waals surface area contributed by atoms with Crippen molar-refractivity contribution in [2.24, 2.45) is 17.6 Å². The normalized spacial score (nSPS) is 19.2. The lowest BCUT2D eigenvalue weighted by Gasteiger charge is -2.17. The number of Topliss-reactive ketones (excluding diaryl/α,β-unsaturated/α-hetero) is 1. The van der Waals surface area contributed by atoms with Crippen LogP contribution < -0.4 is 16.4 Å². The Morgan fingerprint density at radius 2 is 1.77 bits per heavy atom. The van der Waals surface area contributed by atoms with E-state index in [4.69, 9.17) is 27.3 Å². The summed E-state index contributed by atoms with van der Waals surface area (Å²) in [5.41, 5.74) is 6.66. The number of nitrogens with one attached hydrogen (secondary N) is 2. The Balaban J connectivity index is 0.00000371. The third-order valence-corrected chi connectivity index (χ3v) is 5.87. The van der Waals surface area contributed by atoms with E-state index in [0.29, 0.717) is 16.2 Å². The van der Waals surface area contributed by atoms with Crippen LogP contribution in [0.2, 0.25) is 5.02 Å². The molecule has 3 atom stereocenters. The summed E-state index contributed by atoms with van der Waals surface area (Å²) in [5, 5.41) is 13.8. The Morgan fingerprint density at radius 1 is 1.18 bits per heavy atom. The zero-order valence-electron chi connectivity index (χ0n) is 22.7. The summed E-state index contributed by atoms with van der Waals surface area (Å²) in [6, 6.07) is 8.22. The lowest BCUT2D eigenvalue weighted by molar-refractivity contribution is -0.123. The highest BCUT2D eigenvalue weighted by Gasteiger charge is 2.72.